The zero-order chi connectivity index (χ0) is 14.8. The van der Waals surface area contributed by atoms with Gasteiger partial charge in [0.1, 0.15) is 11.8 Å². The smallest absolute Gasteiger partial charge is 0.246 e. The van der Waals surface area contributed by atoms with E-state index < -0.39 is 0 Å². The number of ether oxygens (including phenoxy) is 1. The molecule has 5 nitrogen and oxygen atoms in total. The highest BCUT2D eigenvalue weighted by Gasteiger charge is 2.11. The summed E-state index contributed by atoms with van der Waals surface area (Å²) in [6.07, 6.45) is 0. The Morgan fingerprint density at radius 1 is 1.10 bits per heavy atom. The van der Waals surface area contributed by atoms with Gasteiger partial charge in [0.05, 0.1) is 11.3 Å². The third kappa shape index (κ3) is 2.35. The molecule has 21 heavy (non-hydrogen) atoms. The number of nitrogens with two attached hydrogens (primary N) is 1. The predicted molar refractivity (Wildman–Crippen MR) is 79.9 cm³/mol. The summed E-state index contributed by atoms with van der Waals surface area (Å²) in [7, 11) is 0. The number of hydrogen-bond donors (Lipinski definition) is 1. The van der Waals surface area contributed by atoms with Crippen molar-refractivity contribution in [2.75, 3.05) is 5.73 Å². The molecule has 1 aromatic heterocycles. The number of rotatable bonds is 2. The van der Waals surface area contributed by atoms with Crippen LogP contribution in [0.1, 0.15) is 11.3 Å². The second kappa shape index (κ2) is 5.10. The van der Waals surface area contributed by atoms with E-state index in [2.05, 4.69) is 16.3 Å². The molecule has 2 aromatic carbocycles. The average Bonchev–Trinajstić information content (AvgIpc) is 2.52. The Labute approximate surface area is 121 Å². The third-order valence-corrected chi connectivity index (χ3v) is 3.17. The Hall–Kier alpha value is -3.13. The van der Waals surface area contributed by atoms with Crippen LogP contribution in [-0.2, 0) is 0 Å². The fourth-order valence-electron chi connectivity index (χ4n) is 2.12. The van der Waals surface area contributed by atoms with Crippen LogP contribution in [0.5, 0.6) is 11.6 Å². The molecule has 0 saturated carbocycles. The maximum absolute atomic E-state index is 9.16. The van der Waals surface area contributed by atoms with Gasteiger partial charge in [-0.25, -0.2) is 0 Å². The van der Waals surface area contributed by atoms with E-state index in [1.807, 2.05) is 31.2 Å². The van der Waals surface area contributed by atoms with Gasteiger partial charge in [-0.1, -0.05) is 18.2 Å². The number of nitrogens with zero attached hydrogens (tertiary/aromatic N) is 3. The van der Waals surface area contributed by atoms with Gasteiger partial charge in [-0.3, -0.25) is 0 Å². The maximum Gasteiger partial charge on any atom is 0.246 e. The molecular formula is C16H12N4O. The number of fused-ring (bicyclic) bond motifs is 1. The molecule has 5 heteroatoms. The van der Waals surface area contributed by atoms with Crippen molar-refractivity contribution in [3.63, 3.8) is 0 Å². The largest absolute Gasteiger partial charge is 0.436 e. The van der Waals surface area contributed by atoms with Crippen molar-refractivity contribution in [3.8, 4) is 17.7 Å². The molecule has 0 aliphatic heterocycles. The standard InChI is InChI=1S/C16H12N4O/c1-10-13-4-2-3-5-14(13)16(20-19-10)21-15-7-6-12(18)8-11(15)9-17/h2-8H,18H2,1H3. The Kier molecular flexibility index (Phi) is 3.13. The molecule has 3 rings (SSSR count). The van der Waals surface area contributed by atoms with E-state index in [1.165, 1.54) is 0 Å². The van der Waals surface area contributed by atoms with Crippen LogP contribution in [0, 0.1) is 18.3 Å². The van der Waals surface area contributed by atoms with E-state index in [0.717, 1.165) is 16.5 Å². The van der Waals surface area contributed by atoms with Crippen molar-refractivity contribution in [1.82, 2.24) is 10.2 Å². The molecule has 0 fully saturated rings. The van der Waals surface area contributed by atoms with Crippen LogP contribution in [-0.4, -0.2) is 10.2 Å². The van der Waals surface area contributed by atoms with E-state index in [-0.39, 0.29) is 0 Å². The first-order chi connectivity index (χ1) is 10.2. The molecule has 2 N–H and O–H groups in total. The second-order valence-corrected chi connectivity index (χ2v) is 4.61. The minimum Gasteiger partial charge on any atom is -0.436 e. The number of aromatic nitrogens is 2. The van der Waals surface area contributed by atoms with Crippen LogP contribution in [0.2, 0.25) is 0 Å². The van der Waals surface area contributed by atoms with E-state index in [9.17, 15) is 0 Å². The Morgan fingerprint density at radius 3 is 2.62 bits per heavy atom. The topological polar surface area (TPSA) is 84.8 Å². The van der Waals surface area contributed by atoms with Gasteiger partial charge in [-0.15, -0.1) is 5.10 Å². The Morgan fingerprint density at radius 2 is 1.86 bits per heavy atom. The average molecular weight is 276 g/mol. The van der Waals surface area contributed by atoms with Crippen molar-refractivity contribution in [3.05, 3.63) is 53.7 Å². The van der Waals surface area contributed by atoms with Crippen LogP contribution in [0.25, 0.3) is 10.8 Å². The van der Waals surface area contributed by atoms with Crippen molar-refractivity contribution in [1.29, 1.82) is 5.26 Å². The minimum atomic E-state index is 0.362. The van der Waals surface area contributed by atoms with Gasteiger partial charge < -0.3 is 10.5 Å². The Bertz CT molecular complexity index is 868. The summed E-state index contributed by atoms with van der Waals surface area (Å²) in [5, 5.41) is 19.2. The molecule has 0 amide bonds. The normalized spacial score (nSPS) is 10.3. The number of nitrogen functional groups attached to an aromatic ring is 1. The van der Waals surface area contributed by atoms with Crippen molar-refractivity contribution >= 4 is 16.5 Å². The number of nitriles is 1. The SMILES string of the molecule is Cc1nnc(Oc2ccc(N)cc2C#N)c2ccccc12. The number of benzene rings is 2. The predicted octanol–water partition coefficient (Wildman–Crippen LogP) is 3.18. The lowest BCUT2D eigenvalue weighted by Gasteiger charge is -2.09. The molecule has 0 radical (unpaired) electrons. The molecule has 0 aliphatic rings. The van der Waals surface area contributed by atoms with Gasteiger partial charge in [-0.2, -0.15) is 10.4 Å². The quantitative estimate of drug-likeness (QED) is 0.726. The van der Waals surface area contributed by atoms with Crippen molar-refractivity contribution < 1.29 is 4.74 Å². The maximum atomic E-state index is 9.16. The molecule has 102 valence electrons. The lowest BCUT2D eigenvalue weighted by atomic mass is 10.1. The first-order valence-electron chi connectivity index (χ1n) is 6.38. The van der Waals surface area contributed by atoms with Crippen LogP contribution >= 0.6 is 0 Å². The van der Waals surface area contributed by atoms with E-state index in [4.69, 9.17) is 15.7 Å². The minimum absolute atomic E-state index is 0.362. The summed E-state index contributed by atoms with van der Waals surface area (Å²) in [6.45, 7) is 1.89. The fraction of sp³-hybridized carbons (Fsp3) is 0.0625. The molecule has 0 bridgehead atoms. The summed E-state index contributed by atoms with van der Waals surface area (Å²) >= 11 is 0. The van der Waals surface area contributed by atoms with Gasteiger partial charge in [0.25, 0.3) is 0 Å². The lowest BCUT2D eigenvalue weighted by molar-refractivity contribution is 0.460. The molecule has 0 aliphatic carbocycles. The van der Waals surface area contributed by atoms with Gasteiger partial charge in [0.15, 0.2) is 0 Å². The monoisotopic (exact) mass is 276 g/mol. The van der Waals surface area contributed by atoms with Crippen LogP contribution in [0.4, 0.5) is 5.69 Å². The summed E-state index contributed by atoms with van der Waals surface area (Å²) in [6, 6.07) is 14.7. The van der Waals surface area contributed by atoms with Crippen LogP contribution < -0.4 is 10.5 Å². The molecule has 3 aromatic rings. The molecule has 0 atom stereocenters. The van der Waals surface area contributed by atoms with Crippen LogP contribution in [0.3, 0.4) is 0 Å². The highest BCUT2D eigenvalue weighted by molar-refractivity contribution is 5.88. The molecule has 0 unspecified atom stereocenters. The summed E-state index contributed by atoms with van der Waals surface area (Å²) in [4.78, 5) is 0. The summed E-state index contributed by atoms with van der Waals surface area (Å²) in [5.41, 5.74) is 7.38. The summed E-state index contributed by atoms with van der Waals surface area (Å²) in [5.74, 6) is 0.785. The first-order valence-corrected chi connectivity index (χ1v) is 6.38. The van der Waals surface area contributed by atoms with Gasteiger partial charge in [0, 0.05) is 16.5 Å². The number of hydrogen-bond acceptors (Lipinski definition) is 5. The third-order valence-electron chi connectivity index (χ3n) is 3.17. The van der Waals surface area contributed by atoms with Gasteiger partial charge >= 0.3 is 0 Å². The Balaban J connectivity index is 2.11. The zero-order valence-electron chi connectivity index (χ0n) is 11.4. The zero-order valence-corrected chi connectivity index (χ0v) is 11.4. The lowest BCUT2D eigenvalue weighted by Crippen LogP contribution is -1.97. The molecule has 0 saturated heterocycles. The first kappa shape index (κ1) is 12.9. The van der Waals surface area contributed by atoms with Crippen LogP contribution in [0.15, 0.2) is 42.5 Å². The van der Waals surface area contributed by atoms with E-state index in [1.54, 1.807) is 18.2 Å². The second-order valence-electron chi connectivity index (χ2n) is 4.61. The number of anilines is 1. The fourth-order valence-corrected chi connectivity index (χ4v) is 2.12. The number of aryl methyl sites for hydroxylation is 1. The van der Waals surface area contributed by atoms with E-state index >= 15 is 0 Å². The van der Waals surface area contributed by atoms with Crippen molar-refractivity contribution in [2.24, 2.45) is 0 Å². The van der Waals surface area contributed by atoms with Gasteiger partial charge in [0.2, 0.25) is 5.88 Å². The van der Waals surface area contributed by atoms with Gasteiger partial charge in [-0.05, 0) is 31.2 Å². The molecule has 0 spiro atoms. The highest BCUT2D eigenvalue weighted by Crippen LogP contribution is 2.30. The van der Waals surface area contributed by atoms with Crippen molar-refractivity contribution in [2.45, 2.75) is 6.92 Å². The summed E-state index contributed by atoms with van der Waals surface area (Å²) < 4.78 is 5.77. The van der Waals surface area contributed by atoms with E-state index in [0.29, 0.717) is 22.9 Å². The highest BCUT2D eigenvalue weighted by atomic mass is 16.5. The molecule has 1 heterocycles. The molecular weight excluding hydrogens is 264 g/mol.